The molecule has 0 aliphatic carbocycles. The fourth-order valence-electron chi connectivity index (χ4n) is 2.94. The standard InChI is InChI=1S/C19H25N5O2S/c1-14-7-9-15(10-8-14)20-17(25)12-23(2)18(26)13-27-19-22-21-16-6-4-3-5-11-24(16)19/h7-10H,3-6,11-13H2,1-2H3,(H,20,25). The van der Waals surface area contributed by atoms with E-state index in [9.17, 15) is 9.59 Å². The number of hydrogen-bond acceptors (Lipinski definition) is 5. The van der Waals surface area contributed by atoms with Crippen molar-refractivity contribution in [3.63, 3.8) is 0 Å². The van der Waals surface area contributed by atoms with Crippen molar-refractivity contribution in [2.24, 2.45) is 0 Å². The molecule has 144 valence electrons. The zero-order valence-electron chi connectivity index (χ0n) is 15.8. The first-order valence-electron chi connectivity index (χ1n) is 9.18. The zero-order chi connectivity index (χ0) is 19.2. The predicted molar refractivity (Wildman–Crippen MR) is 106 cm³/mol. The number of nitrogens with zero attached hydrogens (tertiary/aromatic N) is 4. The Bertz CT molecular complexity index is 803. The van der Waals surface area contributed by atoms with Gasteiger partial charge in [-0.25, -0.2) is 0 Å². The van der Waals surface area contributed by atoms with Gasteiger partial charge >= 0.3 is 0 Å². The van der Waals surface area contributed by atoms with Crippen molar-refractivity contribution in [1.82, 2.24) is 19.7 Å². The van der Waals surface area contributed by atoms with Crippen molar-refractivity contribution in [2.75, 3.05) is 24.7 Å². The monoisotopic (exact) mass is 387 g/mol. The van der Waals surface area contributed by atoms with Gasteiger partial charge < -0.3 is 14.8 Å². The van der Waals surface area contributed by atoms with Gasteiger partial charge in [0.1, 0.15) is 5.82 Å². The average Bonchev–Trinajstić information content (AvgIpc) is 2.87. The Labute approximate surface area is 163 Å². The number of fused-ring (bicyclic) bond motifs is 1. The normalized spacial score (nSPS) is 13.6. The molecule has 2 aromatic rings. The number of rotatable bonds is 6. The molecule has 0 bridgehead atoms. The second-order valence-corrected chi connectivity index (χ2v) is 7.76. The Balaban J connectivity index is 1.48. The lowest BCUT2D eigenvalue weighted by atomic mass is 10.2. The Hall–Kier alpha value is -2.35. The molecule has 3 rings (SSSR count). The summed E-state index contributed by atoms with van der Waals surface area (Å²) < 4.78 is 2.12. The molecule has 1 aliphatic heterocycles. The molecule has 0 spiro atoms. The van der Waals surface area contributed by atoms with Crippen LogP contribution in [0.1, 0.15) is 30.7 Å². The highest BCUT2D eigenvalue weighted by molar-refractivity contribution is 7.99. The van der Waals surface area contributed by atoms with Gasteiger partial charge in [0.05, 0.1) is 12.3 Å². The van der Waals surface area contributed by atoms with Gasteiger partial charge in [-0.05, 0) is 31.9 Å². The molecule has 1 aromatic heterocycles. The van der Waals surface area contributed by atoms with Crippen molar-refractivity contribution >= 4 is 29.3 Å². The van der Waals surface area contributed by atoms with Crippen LogP contribution in [0.4, 0.5) is 5.69 Å². The number of aryl methyl sites for hydroxylation is 2. The summed E-state index contributed by atoms with van der Waals surface area (Å²) in [5.74, 6) is 0.932. The lowest BCUT2D eigenvalue weighted by molar-refractivity contribution is -0.131. The highest BCUT2D eigenvalue weighted by Crippen LogP contribution is 2.21. The number of hydrogen-bond donors (Lipinski definition) is 1. The Morgan fingerprint density at radius 1 is 1.19 bits per heavy atom. The molecular weight excluding hydrogens is 362 g/mol. The summed E-state index contributed by atoms with van der Waals surface area (Å²) >= 11 is 1.39. The van der Waals surface area contributed by atoms with Crippen LogP contribution in [0.2, 0.25) is 0 Å². The number of carbonyl (C=O) groups excluding carboxylic acids is 2. The van der Waals surface area contributed by atoms with Gasteiger partial charge in [0, 0.05) is 25.7 Å². The molecule has 27 heavy (non-hydrogen) atoms. The maximum absolute atomic E-state index is 12.4. The quantitative estimate of drug-likeness (QED) is 0.771. The van der Waals surface area contributed by atoms with Gasteiger partial charge in [0.25, 0.3) is 0 Å². The van der Waals surface area contributed by atoms with Crippen LogP contribution in [0.25, 0.3) is 0 Å². The second-order valence-electron chi connectivity index (χ2n) is 6.81. The van der Waals surface area contributed by atoms with Crippen LogP contribution in [0, 0.1) is 6.92 Å². The largest absolute Gasteiger partial charge is 0.336 e. The lowest BCUT2D eigenvalue weighted by Gasteiger charge is -2.16. The van der Waals surface area contributed by atoms with Gasteiger partial charge in [-0.2, -0.15) is 0 Å². The third-order valence-electron chi connectivity index (χ3n) is 4.54. The third kappa shape index (κ3) is 5.32. The van der Waals surface area contributed by atoms with Crippen molar-refractivity contribution in [3.05, 3.63) is 35.7 Å². The second kappa shape index (κ2) is 9.03. The molecule has 2 heterocycles. The highest BCUT2D eigenvalue weighted by atomic mass is 32.2. The summed E-state index contributed by atoms with van der Waals surface area (Å²) in [7, 11) is 1.64. The van der Waals surface area contributed by atoms with Crippen LogP contribution in [0.5, 0.6) is 0 Å². The van der Waals surface area contributed by atoms with Crippen LogP contribution in [0.15, 0.2) is 29.4 Å². The van der Waals surface area contributed by atoms with Crippen LogP contribution in [-0.4, -0.2) is 50.8 Å². The van der Waals surface area contributed by atoms with E-state index < -0.39 is 0 Å². The average molecular weight is 388 g/mol. The van der Waals surface area contributed by atoms with E-state index in [4.69, 9.17) is 0 Å². The van der Waals surface area contributed by atoms with E-state index in [1.165, 1.54) is 23.1 Å². The zero-order valence-corrected chi connectivity index (χ0v) is 16.6. The minimum absolute atomic E-state index is 0.0191. The first kappa shape index (κ1) is 19.4. The van der Waals surface area contributed by atoms with Gasteiger partial charge in [-0.3, -0.25) is 9.59 Å². The molecule has 0 saturated carbocycles. The molecular formula is C19H25N5O2S. The summed E-state index contributed by atoms with van der Waals surface area (Å²) in [4.78, 5) is 26.0. The Kier molecular flexibility index (Phi) is 6.49. The van der Waals surface area contributed by atoms with E-state index in [0.717, 1.165) is 48.0 Å². The van der Waals surface area contributed by atoms with Crippen molar-refractivity contribution < 1.29 is 9.59 Å². The number of aromatic nitrogens is 3. The molecule has 0 atom stereocenters. The Morgan fingerprint density at radius 2 is 1.96 bits per heavy atom. The molecule has 2 amide bonds. The molecule has 0 unspecified atom stereocenters. The Morgan fingerprint density at radius 3 is 2.74 bits per heavy atom. The number of likely N-dealkylation sites (N-methyl/N-ethyl adjacent to an activating group) is 1. The molecule has 0 radical (unpaired) electrons. The molecule has 7 nitrogen and oxygen atoms in total. The summed E-state index contributed by atoms with van der Waals surface area (Å²) in [6.45, 7) is 2.92. The minimum atomic E-state index is -0.212. The van der Waals surface area contributed by atoms with Gasteiger partial charge in [0.2, 0.25) is 11.8 Å². The van der Waals surface area contributed by atoms with E-state index in [0.29, 0.717) is 0 Å². The van der Waals surface area contributed by atoms with E-state index in [1.807, 2.05) is 31.2 Å². The maximum atomic E-state index is 12.4. The highest BCUT2D eigenvalue weighted by Gasteiger charge is 2.18. The summed E-state index contributed by atoms with van der Waals surface area (Å²) in [5.41, 5.74) is 1.86. The van der Waals surface area contributed by atoms with Crippen LogP contribution < -0.4 is 5.32 Å². The van der Waals surface area contributed by atoms with Crippen LogP contribution in [-0.2, 0) is 22.6 Å². The fraction of sp³-hybridized carbons (Fsp3) is 0.474. The third-order valence-corrected chi connectivity index (χ3v) is 5.49. The number of nitrogens with one attached hydrogen (secondary N) is 1. The summed E-state index contributed by atoms with van der Waals surface area (Å²) in [6.07, 6.45) is 4.40. The van der Waals surface area contributed by atoms with E-state index in [-0.39, 0.29) is 24.1 Å². The minimum Gasteiger partial charge on any atom is -0.336 e. The molecule has 0 fully saturated rings. The van der Waals surface area contributed by atoms with Crippen LogP contribution in [0.3, 0.4) is 0 Å². The number of thioether (sulfide) groups is 1. The number of benzene rings is 1. The molecule has 1 aliphatic rings. The van der Waals surface area contributed by atoms with E-state index >= 15 is 0 Å². The predicted octanol–water partition coefficient (Wildman–Crippen LogP) is 2.50. The number of carbonyl (C=O) groups is 2. The van der Waals surface area contributed by atoms with Gasteiger partial charge in [0.15, 0.2) is 5.16 Å². The molecule has 1 aromatic carbocycles. The van der Waals surface area contributed by atoms with Gasteiger partial charge in [-0.15, -0.1) is 10.2 Å². The first-order valence-corrected chi connectivity index (χ1v) is 10.2. The maximum Gasteiger partial charge on any atom is 0.243 e. The SMILES string of the molecule is Cc1ccc(NC(=O)CN(C)C(=O)CSc2nnc3n2CCCCC3)cc1. The number of amides is 2. The topological polar surface area (TPSA) is 80.1 Å². The van der Waals surface area contributed by atoms with Crippen molar-refractivity contribution in [3.8, 4) is 0 Å². The van der Waals surface area contributed by atoms with Crippen molar-refractivity contribution in [2.45, 2.75) is 44.3 Å². The van der Waals surface area contributed by atoms with E-state index in [1.54, 1.807) is 7.05 Å². The summed E-state index contributed by atoms with van der Waals surface area (Å²) in [5, 5.41) is 12.1. The number of anilines is 1. The summed E-state index contributed by atoms with van der Waals surface area (Å²) in [6, 6.07) is 7.56. The first-order chi connectivity index (χ1) is 13.0. The fourth-order valence-corrected chi connectivity index (χ4v) is 3.87. The van der Waals surface area contributed by atoms with Crippen molar-refractivity contribution in [1.29, 1.82) is 0 Å². The molecule has 1 N–H and O–H groups in total. The smallest absolute Gasteiger partial charge is 0.243 e. The lowest BCUT2D eigenvalue weighted by Crippen LogP contribution is -2.36. The molecule has 8 heteroatoms. The van der Waals surface area contributed by atoms with E-state index in [2.05, 4.69) is 20.1 Å². The van der Waals surface area contributed by atoms with Gasteiger partial charge in [-0.1, -0.05) is 35.9 Å². The molecule has 0 saturated heterocycles. The van der Waals surface area contributed by atoms with Crippen LogP contribution >= 0.6 is 11.8 Å².